The van der Waals surface area contributed by atoms with E-state index in [-0.39, 0.29) is 36.8 Å². The summed E-state index contributed by atoms with van der Waals surface area (Å²) in [6, 6.07) is 7.55. The molecule has 9 heteroatoms. The van der Waals surface area contributed by atoms with Crippen LogP contribution < -0.4 is 11.2 Å². The van der Waals surface area contributed by atoms with Gasteiger partial charge < -0.3 is 14.4 Å². The normalized spacial score (nSPS) is 18.8. The van der Waals surface area contributed by atoms with Gasteiger partial charge in [-0.3, -0.25) is 13.9 Å². The molecule has 4 rings (SSSR count). The van der Waals surface area contributed by atoms with Crippen molar-refractivity contribution in [2.45, 2.75) is 77.2 Å². The molecule has 2 aromatic heterocycles. The molecule has 0 saturated heterocycles. The molecule has 34 heavy (non-hydrogen) atoms. The summed E-state index contributed by atoms with van der Waals surface area (Å²) < 4.78 is 10.6. The fraction of sp³-hybridized carbons (Fsp3) is 0.560. The second-order valence-corrected chi connectivity index (χ2v) is 9.83. The molecule has 0 bridgehead atoms. The number of aromatic nitrogens is 4. The molecular formula is C25H33ClN4O4. The summed E-state index contributed by atoms with van der Waals surface area (Å²) in [6.45, 7) is 4.64. The predicted molar refractivity (Wildman–Crippen MR) is 133 cm³/mol. The van der Waals surface area contributed by atoms with Crippen molar-refractivity contribution >= 4 is 22.8 Å². The van der Waals surface area contributed by atoms with E-state index >= 15 is 0 Å². The molecule has 0 radical (unpaired) electrons. The maximum atomic E-state index is 13.5. The van der Waals surface area contributed by atoms with E-state index in [1.165, 1.54) is 9.13 Å². The molecule has 1 saturated carbocycles. The molecule has 3 aromatic rings. The van der Waals surface area contributed by atoms with E-state index in [0.717, 1.165) is 37.1 Å². The maximum absolute atomic E-state index is 13.5. The van der Waals surface area contributed by atoms with Gasteiger partial charge in [0.2, 0.25) is 0 Å². The first-order chi connectivity index (χ1) is 16.3. The molecule has 0 amide bonds. The fourth-order valence-electron chi connectivity index (χ4n) is 4.90. The summed E-state index contributed by atoms with van der Waals surface area (Å²) in [5.74, 6) is 1.01. The Labute approximate surface area is 203 Å². The van der Waals surface area contributed by atoms with Crippen molar-refractivity contribution < 1.29 is 9.84 Å². The average molecular weight is 489 g/mol. The van der Waals surface area contributed by atoms with Crippen LogP contribution in [0.25, 0.3) is 11.2 Å². The molecule has 184 valence electrons. The zero-order chi connectivity index (χ0) is 24.4. The Morgan fingerprint density at radius 2 is 1.79 bits per heavy atom. The lowest BCUT2D eigenvalue weighted by molar-refractivity contribution is -0.0151. The van der Waals surface area contributed by atoms with Crippen LogP contribution in [-0.2, 0) is 24.9 Å². The molecule has 0 spiro atoms. The lowest BCUT2D eigenvalue weighted by Crippen LogP contribution is -2.40. The Bertz CT molecular complexity index is 1250. The van der Waals surface area contributed by atoms with Gasteiger partial charge in [-0.1, -0.05) is 23.7 Å². The van der Waals surface area contributed by atoms with Gasteiger partial charge in [0.1, 0.15) is 5.82 Å². The van der Waals surface area contributed by atoms with Crippen molar-refractivity contribution in [3.63, 3.8) is 0 Å². The molecule has 0 atom stereocenters. The minimum Gasteiger partial charge on any atom is -0.396 e. The zero-order valence-corrected chi connectivity index (χ0v) is 20.8. The van der Waals surface area contributed by atoms with Gasteiger partial charge in [0, 0.05) is 37.7 Å². The average Bonchev–Trinajstić information content (AvgIpc) is 3.18. The number of imidazole rings is 1. The molecule has 1 aliphatic carbocycles. The minimum atomic E-state index is -0.414. The topological polar surface area (TPSA) is 91.3 Å². The summed E-state index contributed by atoms with van der Waals surface area (Å²) in [4.78, 5) is 31.3. The standard InChI is InChI=1S/C25H33ClN4O4/c1-16(2)34-20-11-7-18(8-12-20)22-27-23-21(30(22)15-17-5-9-19(26)10-6-17)24(32)29(13-4-14-31)25(33)28(23)3/h5-6,9-10,16,18,20,31H,4,7-8,11-15H2,1-3H3. The number of nitrogens with zero attached hydrogens (tertiary/aromatic N) is 4. The van der Waals surface area contributed by atoms with Crippen LogP contribution >= 0.6 is 11.6 Å². The van der Waals surface area contributed by atoms with Crippen molar-refractivity contribution in [2.75, 3.05) is 6.61 Å². The van der Waals surface area contributed by atoms with Crippen LogP contribution in [0.4, 0.5) is 0 Å². The van der Waals surface area contributed by atoms with E-state index in [1.807, 2.05) is 28.8 Å². The van der Waals surface area contributed by atoms with E-state index in [0.29, 0.717) is 29.2 Å². The first kappa shape index (κ1) is 24.7. The van der Waals surface area contributed by atoms with Crippen molar-refractivity contribution in [3.8, 4) is 0 Å². The number of aliphatic hydroxyl groups is 1. The highest BCUT2D eigenvalue weighted by Gasteiger charge is 2.29. The van der Waals surface area contributed by atoms with Gasteiger partial charge in [-0.2, -0.15) is 0 Å². The molecule has 8 nitrogen and oxygen atoms in total. The van der Waals surface area contributed by atoms with Crippen LogP contribution in [0.15, 0.2) is 33.9 Å². The lowest BCUT2D eigenvalue weighted by atomic mass is 9.86. The molecule has 0 unspecified atom stereocenters. The van der Waals surface area contributed by atoms with E-state index < -0.39 is 5.69 Å². The Kier molecular flexibility index (Phi) is 7.60. The summed E-state index contributed by atoms with van der Waals surface area (Å²) in [6.07, 6.45) is 4.47. The van der Waals surface area contributed by atoms with E-state index in [4.69, 9.17) is 21.3 Å². The van der Waals surface area contributed by atoms with Crippen LogP contribution in [0.3, 0.4) is 0 Å². The Balaban J connectivity index is 1.81. The van der Waals surface area contributed by atoms with E-state index in [9.17, 15) is 14.7 Å². The van der Waals surface area contributed by atoms with Gasteiger partial charge in [0.25, 0.3) is 5.56 Å². The lowest BCUT2D eigenvalue weighted by Gasteiger charge is -2.29. The summed E-state index contributed by atoms with van der Waals surface area (Å²) in [5, 5.41) is 9.90. The zero-order valence-electron chi connectivity index (χ0n) is 20.0. The third kappa shape index (κ3) is 4.99. The quantitative estimate of drug-likeness (QED) is 0.524. The monoisotopic (exact) mass is 488 g/mol. The van der Waals surface area contributed by atoms with Crippen molar-refractivity contribution in [2.24, 2.45) is 7.05 Å². The van der Waals surface area contributed by atoms with Crippen LogP contribution in [-0.4, -0.2) is 42.6 Å². The van der Waals surface area contributed by atoms with Crippen LogP contribution in [0, 0.1) is 0 Å². The van der Waals surface area contributed by atoms with Gasteiger partial charge in [-0.25, -0.2) is 9.78 Å². The molecule has 1 aliphatic rings. The number of aryl methyl sites for hydroxylation is 1. The third-order valence-electron chi connectivity index (χ3n) is 6.56. The number of hydrogen-bond donors (Lipinski definition) is 1. The number of halogens is 1. The molecule has 2 heterocycles. The number of rotatable bonds is 8. The van der Waals surface area contributed by atoms with Gasteiger partial charge >= 0.3 is 5.69 Å². The number of benzene rings is 1. The van der Waals surface area contributed by atoms with Crippen LogP contribution in [0.2, 0.25) is 5.02 Å². The highest BCUT2D eigenvalue weighted by Crippen LogP contribution is 2.35. The Morgan fingerprint density at radius 3 is 2.41 bits per heavy atom. The van der Waals surface area contributed by atoms with E-state index in [1.54, 1.807) is 7.05 Å². The fourth-order valence-corrected chi connectivity index (χ4v) is 5.03. The molecule has 1 fully saturated rings. The Hall–Kier alpha value is -2.42. The predicted octanol–water partition coefficient (Wildman–Crippen LogP) is 3.43. The van der Waals surface area contributed by atoms with Crippen LogP contribution in [0.1, 0.15) is 63.3 Å². The van der Waals surface area contributed by atoms with Gasteiger partial charge in [0.15, 0.2) is 11.2 Å². The number of aliphatic hydroxyl groups excluding tert-OH is 1. The van der Waals surface area contributed by atoms with Crippen molar-refractivity contribution in [1.82, 2.24) is 18.7 Å². The van der Waals surface area contributed by atoms with Crippen molar-refractivity contribution in [1.29, 1.82) is 0 Å². The van der Waals surface area contributed by atoms with Gasteiger partial charge in [0.05, 0.1) is 12.2 Å². The van der Waals surface area contributed by atoms with Crippen molar-refractivity contribution in [3.05, 3.63) is 61.5 Å². The molecular weight excluding hydrogens is 456 g/mol. The number of ether oxygens (including phenoxy) is 1. The highest BCUT2D eigenvalue weighted by atomic mass is 35.5. The number of fused-ring (bicyclic) bond motifs is 1. The van der Waals surface area contributed by atoms with Crippen LogP contribution in [0.5, 0.6) is 0 Å². The number of hydrogen-bond acceptors (Lipinski definition) is 5. The first-order valence-electron chi connectivity index (χ1n) is 12.0. The summed E-state index contributed by atoms with van der Waals surface area (Å²) in [5.41, 5.74) is 1.04. The van der Waals surface area contributed by atoms with Gasteiger partial charge in [-0.05, 0) is 63.6 Å². The SMILES string of the molecule is CC(C)OC1CCC(c2nc3c(c(=O)n(CCCO)c(=O)n3C)n2Cc2ccc(Cl)cc2)CC1. The maximum Gasteiger partial charge on any atom is 0.332 e. The summed E-state index contributed by atoms with van der Waals surface area (Å²) >= 11 is 6.08. The summed E-state index contributed by atoms with van der Waals surface area (Å²) in [7, 11) is 1.65. The minimum absolute atomic E-state index is 0.0927. The smallest absolute Gasteiger partial charge is 0.332 e. The van der Waals surface area contributed by atoms with Gasteiger partial charge in [-0.15, -0.1) is 0 Å². The van der Waals surface area contributed by atoms with E-state index in [2.05, 4.69) is 13.8 Å². The third-order valence-corrected chi connectivity index (χ3v) is 6.81. The molecule has 1 aromatic carbocycles. The second-order valence-electron chi connectivity index (χ2n) is 9.39. The highest BCUT2D eigenvalue weighted by molar-refractivity contribution is 6.30. The Morgan fingerprint density at radius 1 is 1.12 bits per heavy atom. The first-order valence-corrected chi connectivity index (χ1v) is 12.4. The largest absolute Gasteiger partial charge is 0.396 e. The molecule has 0 aliphatic heterocycles. The molecule has 1 N–H and O–H groups in total. The second kappa shape index (κ2) is 10.5.